The fourth-order valence-corrected chi connectivity index (χ4v) is 3.88. The van der Waals surface area contributed by atoms with Crippen LogP contribution in [0, 0.1) is 26.2 Å². The second kappa shape index (κ2) is 5.21. The van der Waals surface area contributed by atoms with Crippen molar-refractivity contribution in [1.82, 2.24) is 5.32 Å². The highest BCUT2D eigenvalue weighted by molar-refractivity contribution is 6.24. The lowest BCUT2D eigenvalue weighted by Crippen LogP contribution is -2.46. The number of aliphatic hydroxyl groups is 1. The third-order valence-electron chi connectivity index (χ3n) is 4.93. The molecular formula is C19H21NO2. The molecule has 0 unspecified atom stereocenters. The summed E-state index contributed by atoms with van der Waals surface area (Å²) in [5.74, 6) is 2.68. The van der Waals surface area contributed by atoms with E-state index in [4.69, 9.17) is 6.42 Å². The molecule has 22 heavy (non-hydrogen) atoms. The lowest BCUT2D eigenvalue weighted by atomic mass is 9.80. The number of carbonyl (C=O) groups is 1. The fourth-order valence-electron chi connectivity index (χ4n) is 3.88. The topological polar surface area (TPSA) is 49.3 Å². The van der Waals surface area contributed by atoms with Crippen molar-refractivity contribution in [3.63, 3.8) is 0 Å². The Morgan fingerprint density at radius 2 is 1.77 bits per heavy atom. The van der Waals surface area contributed by atoms with E-state index in [9.17, 15) is 9.90 Å². The molecule has 2 N–H and O–H groups in total. The predicted molar refractivity (Wildman–Crippen MR) is 87.4 cm³/mol. The van der Waals surface area contributed by atoms with E-state index >= 15 is 0 Å². The number of amides is 1. The summed E-state index contributed by atoms with van der Waals surface area (Å²) in [4.78, 5) is 12.5. The highest BCUT2D eigenvalue weighted by atomic mass is 16.3. The molecule has 1 heterocycles. The van der Waals surface area contributed by atoms with Gasteiger partial charge in [-0.05, 0) is 55.5 Å². The van der Waals surface area contributed by atoms with Crippen molar-refractivity contribution in [2.24, 2.45) is 0 Å². The van der Waals surface area contributed by atoms with Gasteiger partial charge < -0.3 is 10.4 Å². The normalized spacial score (nSPS) is 20.1. The van der Waals surface area contributed by atoms with Gasteiger partial charge in [0.25, 0.3) is 5.91 Å². The second-order valence-electron chi connectivity index (χ2n) is 6.45. The maximum Gasteiger partial charge on any atom is 0.256 e. The molecule has 114 valence electrons. The van der Waals surface area contributed by atoms with Gasteiger partial charge in [0.15, 0.2) is 0 Å². The summed E-state index contributed by atoms with van der Waals surface area (Å²) >= 11 is 0. The van der Waals surface area contributed by atoms with Crippen LogP contribution in [0.2, 0.25) is 0 Å². The molecule has 1 amide bonds. The van der Waals surface area contributed by atoms with E-state index in [1.165, 1.54) is 0 Å². The van der Waals surface area contributed by atoms with Gasteiger partial charge in [0.05, 0.1) is 11.1 Å². The zero-order chi connectivity index (χ0) is 15.9. The number of terminal acetylenes is 1. The highest BCUT2D eigenvalue weighted by Crippen LogP contribution is 2.42. The number of hydrogen-bond acceptors (Lipinski definition) is 2. The first-order valence-corrected chi connectivity index (χ1v) is 7.83. The van der Waals surface area contributed by atoms with Crippen LogP contribution in [0.15, 0.2) is 17.9 Å². The lowest BCUT2D eigenvalue weighted by molar-refractivity contribution is -0.116. The molecule has 0 aromatic heterocycles. The molecule has 3 rings (SSSR count). The van der Waals surface area contributed by atoms with E-state index in [1.54, 1.807) is 0 Å². The van der Waals surface area contributed by atoms with Crippen LogP contribution in [0.1, 0.15) is 54.4 Å². The average molecular weight is 295 g/mol. The monoisotopic (exact) mass is 295 g/mol. The largest absolute Gasteiger partial charge is 0.509 e. The van der Waals surface area contributed by atoms with Gasteiger partial charge in [0.2, 0.25) is 0 Å². The standard InChI is InChI=1S/C19H21NO2/c1-4-14-10-12(2)15(13(3)11-14)16-17(21)19(20-18(16)22)8-6-5-7-9-19/h1,10-11,21H,5-9H2,2-3H3,(H,20,22). The van der Waals surface area contributed by atoms with Crippen LogP contribution < -0.4 is 5.32 Å². The molecule has 0 atom stereocenters. The molecule has 1 aromatic rings. The minimum absolute atomic E-state index is 0.168. The molecular weight excluding hydrogens is 274 g/mol. The van der Waals surface area contributed by atoms with Crippen LogP contribution in [-0.4, -0.2) is 16.6 Å². The lowest BCUT2D eigenvalue weighted by Gasteiger charge is -2.33. The zero-order valence-electron chi connectivity index (χ0n) is 13.1. The second-order valence-corrected chi connectivity index (χ2v) is 6.45. The SMILES string of the molecule is C#Cc1cc(C)c(C2=C(O)C3(CCCCC3)NC2=O)c(C)c1. The van der Waals surface area contributed by atoms with Gasteiger partial charge in [-0.3, -0.25) is 4.79 Å². The van der Waals surface area contributed by atoms with Crippen molar-refractivity contribution < 1.29 is 9.90 Å². The van der Waals surface area contributed by atoms with Gasteiger partial charge in [0, 0.05) is 5.56 Å². The van der Waals surface area contributed by atoms with E-state index in [1.807, 2.05) is 26.0 Å². The third kappa shape index (κ3) is 2.11. The minimum atomic E-state index is -0.547. The van der Waals surface area contributed by atoms with Crippen LogP contribution in [0.3, 0.4) is 0 Å². The van der Waals surface area contributed by atoms with Gasteiger partial charge in [-0.1, -0.05) is 25.2 Å². The van der Waals surface area contributed by atoms with E-state index in [2.05, 4.69) is 11.2 Å². The molecule has 1 aliphatic carbocycles. The van der Waals surface area contributed by atoms with Crippen LogP contribution in [0.5, 0.6) is 0 Å². The minimum Gasteiger partial charge on any atom is -0.509 e. The number of aryl methyl sites for hydroxylation is 2. The van der Waals surface area contributed by atoms with Crippen molar-refractivity contribution in [1.29, 1.82) is 0 Å². The Balaban J connectivity index is 2.15. The molecule has 1 aliphatic heterocycles. The maximum atomic E-state index is 12.5. The molecule has 1 spiro atoms. The average Bonchev–Trinajstić information content (AvgIpc) is 2.71. The zero-order valence-corrected chi connectivity index (χ0v) is 13.1. The Morgan fingerprint density at radius 3 is 2.32 bits per heavy atom. The van der Waals surface area contributed by atoms with E-state index in [0.717, 1.165) is 54.4 Å². The summed E-state index contributed by atoms with van der Waals surface area (Å²) in [5.41, 5.74) is 3.35. The van der Waals surface area contributed by atoms with Crippen LogP contribution in [0.25, 0.3) is 5.57 Å². The van der Waals surface area contributed by atoms with Crippen LogP contribution in [-0.2, 0) is 4.79 Å². The quantitative estimate of drug-likeness (QED) is 0.780. The van der Waals surface area contributed by atoms with Gasteiger partial charge in [-0.15, -0.1) is 6.42 Å². The Hall–Kier alpha value is -2.21. The number of benzene rings is 1. The number of aliphatic hydroxyl groups excluding tert-OH is 1. The molecule has 0 radical (unpaired) electrons. The van der Waals surface area contributed by atoms with Gasteiger partial charge in [-0.25, -0.2) is 0 Å². The Morgan fingerprint density at radius 1 is 1.18 bits per heavy atom. The van der Waals surface area contributed by atoms with E-state index < -0.39 is 5.54 Å². The third-order valence-corrected chi connectivity index (χ3v) is 4.93. The summed E-state index contributed by atoms with van der Waals surface area (Å²) in [6.07, 6.45) is 10.3. The first-order chi connectivity index (χ1) is 10.5. The summed E-state index contributed by atoms with van der Waals surface area (Å²) in [6, 6.07) is 3.78. The number of nitrogens with one attached hydrogen (secondary N) is 1. The molecule has 1 fully saturated rings. The number of carbonyl (C=O) groups excluding carboxylic acids is 1. The van der Waals surface area contributed by atoms with Gasteiger partial charge in [-0.2, -0.15) is 0 Å². The number of hydrogen-bond donors (Lipinski definition) is 2. The Labute approximate surface area is 131 Å². The molecule has 2 aliphatic rings. The smallest absolute Gasteiger partial charge is 0.256 e. The van der Waals surface area contributed by atoms with Gasteiger partial charge >= 0.3 is 0 Å². The molecule has 1 aromatic carbocycles. The van der Waals surface area contributed by atoms with Gasteiger partial charge in [0.1, 0.15) is 5.76 Å². The van der Waals surface area contributed by atoms with Crippen molar-refractivity contribution in [2.45, 2.75) is 51.5 Å². The predicted octanol–water partition coefficient (Wildman–Crippen LogP) is 3.39. The molecule has 1 saturated carbocycles. The summed E-state index contributed by atoms with van der Waals surface area (Å²) < 4.78 is 0. The van der Waals surface area contributed by atoms with Crippen molar-refractivity contribution >= 4 is 11.5 Å². The summed E-state index contributed by atoms with van der Waals surface area (Å²) in [5, 5.41) is 13.9. The molecule has 3 heteroatoms. The molecule has 0 bridgehead atoms. The van der Waals surface area contributed by atoms with Crippen LogP contribution >= 0.6 is 0 Å². The first-order valence-electron chi connectivity index (χ1n) is 7.83. The number of rotatable bonds is 1. The summed E-state index contributed by atoms with van der Waals surface area (Å²) in [7, 11) is 0. The first kappa shape index (κ1) is 14.7. The van der Waals surface area contributed by atoms with E-state index in [-0.39, 0.29) is 11.7 Å². The van der Waals surface area contributed by atoms with Crippen molar-refractivity contribution in [2.75, 3.05) is 0 Å². The van der Waals surface area contributed by atoms with E-state index in [0.29, 0.717) is 5.57 Å². The Bertz CT molecular complexity index is 692. The highest BCUT2D eigenvalue weighted by Gasteiger charge is 2.46. The van der Waals surface area contributed by atoms with Crippen molar-refractivity contribution in [3.05, 3.63) is 40.1 Å². The Kier molecular flexibility index (Phi) is 3.48. The fraction of sp³-hybridized carbons (Fsp3) is 0.421. The maximum absolute atomic E-state index is 12.5. The van der Waals surface area contributed by atoms with Crippen molar-refractivity contribution in [3.8, 4) is 12.3 Å². The molecule has 0 saturated heterocycles. The summed E-state index contributed by atoms with van der Waals surface area (Å²) in [6.45, 7) is 3.87. The van der Waals surface area contributed by atoms with Crippen LogP contribution in [0.4, 0.5) is 0 Å². The molecule has 3 nitrogen and oxygen atoms in total.